The summed E-state index contributed by atoms with van der Waals surface area (Å²) in [6.45, 7) is 0.725. The van der Waals surface area contributed by atoms with Gasteiger partial charge in [0.2, 0.25) is 0 Å². The van der Waals surface area contributed by atoms with Crippen LogP contribution < -0.4 is 4.90 Å². The first-order valence-corrected chi connectivity index (χ1v) is 11.4. The van der Waals surface area contributed by atoms with E-state index in [2.05, 4.69) is 4.98 Å². The van der Waals surface area contributed by atoms with Crippen LogP contribution in [0.15, 0.2) is 84.5 Å². The van der Waals surface area contributed by atoms with Gasteiger partial charge in [0.15, 0.2) is 0 Å². The molecule has 0 bridgehead atoms. The van der Waals surface area contributed by atoms with E-state index < -0.39 is 5.91 Å². The lowest BCUT2D eigenvalue weighted by molar-refractivity contribution is 0.0786. The van der Waals surface area contributed by atoms with Crippen molar-refractivity contribution >= 4 is 28.8 Å². The molecule has 0 atom stereocenters. The van der Waals surface area contributed by atoms with Crippen LogP contribution in [0.5, 0.6) is 11.5 Å². The topological polar surface area (TPSA) is 94.0 Å². The molecule has 2 heterocycles. The number of nitrogens with zero attached hydrogens (tertiary/aromatic N) is 3. The summed E-state index contributed by atoms with van der Waals surface area (Å²) in [6.07, 6.45) is 3.31. The number of phenolic OH excluding ortho intramolecular Hbond substituents is 2. The van der Waals surface area contributed by atoms with E-state index in [0.717, 1.165) is 16.5 Å². The van der Waals surface area contributed by atoms with Gasteiger partial charge in [0, 0.05) is 41.6 Å². The molecule has 0 fully saturated rings. The van der Waals surface area contributed by atoms with E-state index in [1.807, 2.05) is 23.6 Å². The molecule has 0 saturated carbocycles. The molecular formula is C26H23N3O4S. The monoisotopic (exact) mass is 473 g/mol. The molecule has 8 heteroatoms. The summed E-state index contributed by atoms with van der Waals surface area (Å²) < 4.78 is 0. The van der Waals surface area contributed by atoms with Crippen molar-refractivity contribution < 1.29 is 19.8 Å². The van der Waals surface area contributed by atoms with Gasteiger partial charge in [-0.15, -0.1) is 11.3 Å². The SMILES string of the molecule is CN(Cc1cccs1)C(=O)c1ccc(N(Cc2cccnc2)C(=O)c2ccc(O)cc2O)cc1. The highest BCUT2D eigenvalue weighted by atomic mass is 32.1. The molecule has 4 aromatic rings. The van der Waals surface area contributed by atoms with Crippen LogP contribution >= 0.6 is 11.3 Å². The molecule has 7 nitrogen and oxygen atoms in total. The Balaban J connectivity index is 1.60. The first-order valence-electron chi connectivity index (χ1n) is 10.5. The van der Waals surface area contributed by atoms with Crippen molar-refractivity contribution in [2.45, 2.75) is 13.1 Å². The number of pyridine rings is 1. The molecule has 2 aromatic carbocycles. The Kier molecular flexibility index (Phi) is 6.89. The maximum Gasteiger partial charge on any atom is 0.262 e. The van der Waals surface area contributed by atoms with Gasteiger partial charge in [0.05, 0.1) is 18.7 Å². The number of phenols is 2. The first kappa shape index (κ1) is 23.0. The Labute approximate surface area is 201 Å². The second-order valence-corrected chi connectivity index (χ2v) is 8.77. The molecule has 2 N–H and O–H groups in total. The normalized spacial score (nSPS) is 10.6. The minimum atomic E-state index is -0.449. The van der Waals surface area contributed by atoms with Crippen LogP contribution in [-0.2, 0) is 13.1 Å². The van der Waals surface area contributed by atoms with Crippen molar-refractivity contribution in [3.05, 3.63) is 106 Å². The third kappa shape index (κ3) is 5.24. The van der Waals surface area contributed by atoms with Crippen molar-refractivity contribution in [1.29, 1.82) is 0 Å². The zero-order valence-corrected chi connectivity index (χ0v) is 19.3. The van der Waals surface area contributed by atoms with E-state index in [1.54, 1.807) is 66.0 Å². The summed E-state index contributed by atoms with van der Waals surface area (Å²) in [4.78, 5) is 34.6. The van der Waals surface area contributed by atoms with E-state index in [4.69, 9.17) is 0 Å². The smallest absolute Gasteiger partial charge is 0.262 e. The number of hydrogen-bond donors (Lipinski definition) is 2. The average Bonchev–Trinajstić information content (AvgIpc) is 3.35. The van der Waals surface area contributed by atoms with Gasteiger partial charge in [-0.2, -0.15) is 0 Å². The van der Waals surface area contributed by atoms with Crippen LogP contribution in [0, 0.1) is 0 Å². The lowest BCUT2D eigenvalue weighted by Gasteiger charge is -2.24. The Morgan fingerprint density at radius 3 is 2.38 bits per heavy atom. The molecule has 34 heavy (non-hydrogen) atoms. The largest absolute Gasteiger partial charge is 0.508 e. The predicted octanol–water partition coefficient (Wildman–Crippen LogP) is 4.67. The fourth-order valence-corrected chi connectivity index (χ4v) is 4.27. The maximum atomic E-state index is 13.4. The van der Waals surface area contributed by atoms with Gasteiger partial charge in [0.1, 0.15) is 11.5 Å². The Bertz CT molecular complexity index is 1280. The number of amides is 2. The number of carbonyl (C=O) groups excluding carboxylic acids is 2. The minimum absolute atomic E-state index is 0.0533. The summed E-state index contributed by atoms with van der Waals surface area (Å²) in [5.41, 5.74) is 1.91. The lowest BCUT2D eigenvalue weighted by Crippen LogP contribution is -2.31. The highest BCUT2D eigenvalue weighted by Crippen LogP contribution is 2.27. The second-order valence-electron chi connectivity index (χ2n) is 7.74. The highest BCUT2D eigenvalue weighted by Gasteiger charge is 2.22. The average molecular weight is 474 g/mol. The van der Waals surface area contributed by atoms with E-state index in [9.17, 15) is 19.8 Å². The number of hydrogen-bond acceptors (Lipinski definition) is 6. The van der Waals surface area contributed by atoms with Crippen LogP contribution in [0.3, 0.4) is 0 Å². The summed E-state index contributed by atoms with van der Waals surface area (Å²) >= 11 is 1.59. The number of anilines is 1. The molecule has 2 aromatic heterocycles. The summed E-state index contributed by atoms with van der Waals surface area (Å²) in [5.74, 6) is -1.03. The van der Waals surface area contributed by atoms with Crippen LogP contribution in [0.4, 0.5) is 5.69 Å². The number of rotatable bonds is 7. The number of thiophene rings is 1. The van der Waals surface area contributed by atoms with Gasteiger partial charge < -0.3 is 20.0 Å². The fraction of sp³-hybridized carbons (Fsp3) is 0.115. The zero-order valence-electron chi connectivity index (χ0n) is 18.5. The number of aromatic hydroxyl groups is 2. The molecule has 2 amide bonds. The predicted molar refractivity (Wildman–Crippen MR) is 131 cm³/mol. The molecule has 0 aliphatic carbocycles. The Hall–Kier alpha value is -4.17. The summed E-state index contributed by atoms with van der Waals surface area (Å²) in [5, 5.41) is 21.8. The maximum absolute atomic E-state index is 13.4. The molecule has 0 radical (unpaired) electrons. The third-order valence-electron chi connectivity index (χ3n) is 5.27. The number of aromatic nitrogens is 1. The molecule has 0 saturated heterocycles. The van der Waals surface area contributed by atoms with Gasteiger partial charge in [-0.3, -0.25) is 14.6 Å². The molecule has 0 aliphatic heterocycles. The van der Waals surface area contributed by atoms with E-state index in [-0.39, 0.29) is 29.5 Å². The standard InChI is InChI=1S/C26H23N3O4S/c1-28(17-22-5-3-13-34-22)25(32)19-6-8-20(9-7-19)29(16-18-4-2-12-27-15-18)26(33)23-11-10-21(30)14-24(23)31/h2-15,30-31H,16-17H2,1H3. The quantitative estimate of drug-likeness (QED) is 0.407. The first-order chi connectivity index (χ1) is 16.4. The van der Waals surface area contributed by atoms with Crippen LogP contribution in [0.1, 0.15) is 31.2 Å². The molecule has 172 valence electrons. The van der Waals surface area contributed by atoms with E-state index >= 15 is 0 Å². The zero-order chi connectivity index (χ0) is 24.1. The van der Waals surface area contributed by atoms with Crippen molar-refractivity contribution in [2.24, 2.45) is 0 Å². The lowest BCUT2D eigenvalue weighted by atomic mass is 10.1. The number of benzene rings is 2. The van der Waals surface area contributed by atoms with Crippen molar-refractivity contribution in [3.63, 3.8) is 0 Å². The third-order valence-corrected chi connectivity index (χ3v) is 6.13. The molecule has 0 spiro atoms. The fourth-order valence-electron chi connectivity index (χ4n) is 3.51. The van der Waals surface area contributed by atoms with Crippen molar-refractivity contribution in [3.8, 4) is 11.5 Å². The van der Waals surface area contributed by atoms with Gasteiger partial charge in [-0.1, -0.05) is 12.1 Å². The summed E-state index contributed by atoms with van der Waals surface area (Å²) in [6, 6.07) is 18.2. The Morgan fingerprint density at radius 1 is 0.941 bits per heavy atom. The van der Waals surface area contributed by atoms with Crippen LogP contribution in [0.2, 0.25) is 0 Å². The van der Waals surface area contributed by atoms with Gasteiger partial charge in [-0.05, 0) is 59.5 Å². The highest BCUT2D eigenvalue weighted by molar-refractivity contribution is 7.09. The van der Waals surface area contributed by atoms with Crippen LogP contribution in [-0.4, -0.2) is 39.0 Å². The van der Waals surface area contributed by atoms with Crippen molar-refractivity contribution in [1.82, 2.24) is 9.88 Å². The van der Waals surface area contributed by atoms with Gasteiger partial charge in [0.25, 0.3) is 11.8 Å². The van der Waals surface area contributed by atoms with E-state index in [1.165, 1.54) is 17.0 Å². The van der Waals surface area contributed by atoms with Crippen molar-refractivity contribution in [2.75, 3.05) is 11.9 Å². The van der Waals surface area contributed by atoms with Gasteiger partial charge in [-0.25, -0.2) is 0 Å². The van der Waals surface area contributed by atoms with Gasteiger partial charge >= 0.3 is 0 Å². The molecule has 0 aliphatic rings. The summed E-state index contributed by atoms with van der Waals surface area (Å²) in [7, 11) is 1.75. The molecule has 4 rings (SSSR count). The molecule has 0 unspecified atom stereocenters. The van der Waals surface area contributed by atoms with E-state index in [0.29, 0.717) is 17.8 Å². The second kappa shape index (κ2) is 10.2. The minimum Gasteiger partial charge on any atom is -0.508 e. The Morgan fingerprint density at radius 2 is 1.74 bits per heavy atom. The molecular weight excluding hydrogens is 450 g/mol. The number of carbonyl (C=O) groups is 2. The van der Waals surface area contributed by atoms with Crippen LogP contribution in [0.25, 0.3) is 0 Å².